The molecule has 2 spiro atoms. The fourth-order valence-electron chi connectivity index (χ4n) is 8.28. The fourth-order valence-corrected chi connectivity index (χ4v) is 8.28. The molecule has 1 aromatic heterocycles. The standard InChI is InChI=1S/C35H36N2O10/c1-31(2,3)34(43)17-23-33(18-24(38)44-23)29(41)46-28-35(33,34)25(45-27(40)19-10-8-7-9-11-19)26(39)37(28)21-12-13-22-20(16-21)14-15-36(22)30(42)47-32(4,5)6/h7-16,23,25,28,43H,17-18H2,1-6H3/t23-,25-,28-,33-,34+,35+/m0/s1. The lowest BCUT2D eigenvalue weighted by Gasteiger charge is -2.51. The molecule has 4 aliphatic rings. The highest BCUT2D eigenvalue weighted by atomic mass is 16.6. The number of aromatic nitrogens is 1. The summed E-state index contributed by atoms with van der Waals surface area (Å²) in [5.41, 5.74) is -6.49. The first-order chi connectivity index (χ1) is 22.0. The molecule has 1 aliphatic carbocycles. The lowest BCUT2D eigenvalue weighted by atomic mass is 9.52. The number of aliphatic hydroxyl groups is 1. The number of benzene rings is 2. The van der Waals surface area contributed by atoms with Crippen LogP contribution in [0.4, 0.5) is 10.5 Å². The summed E-state index contributed by atoms with van der Waals surface area (Å²) in [6.07, 6.45) is -3.99. The minimum Gasteiger partial charge on any atom is -0.461 e. The molecule has 246 valence electrons. The molecule has 3 aliphatic heterocycles. The Morgan fingerprint density at radius 1 is 0.957 bits per heavy atom. The fraction of sp³-hybridized carbons (Fsp3) is 0.457. The third-order valence-corrected chi connectivity index (χ3v) is 10.2. The zero-order chi connectivity index (χ0) is 33.9. The van der Waals surface area contributed by atoms with Gasteiger partial charge >= 0.3 is 24.0 Å². The monoisotopic (exact) mass is 644 g/mol. The minimum atomic E-state index is -1.94. The second-order valence-corrected chi connectivity index (χ2v) is 14.8. The molecular weight excluding hydrogens is 608 g/mol. The predicted molar refractivity (Wildman–Crippen MR) is 165 cm³/mol. The minimum absolute atomic E-state index is 0.156. The highest BCUT2D eigenvalue weighted by molar-refractivity contribution is 6.08. The zero-order valence-electron chi connectivity index (χ0n) is 26.9. The number of rotatable bonds is 3. The van der Waals surface area contributed by atoms with Crippen molar-refractivity contribution in [3.63, 3.8) is 0 Å². The highest BCUT2D eigenvalue weighted by Crippen LogP contribution is 2.76. The van der Waals surface area contributed by atoms with Crippen LogP contribution in [0.1, 0.15) is 64.7 Å². The second-order valence-electron chi connectivity index (χ2n) is 14.8. The Morgan fingerprint density at radius 3 is 2.32 bits per heavy atom. The average molecular weight is 645 g/mol. The van der Waals surface area contributed by atoms with Crippen molar-refractivity contribution in [2.75, 3.05) is 4.90 Å². The van der Waals surface area contributed by atoms with Crippen molar-refractivity contribution >= 4 is 46.5 Å². The van der Waals surface area contributed by atoms with E-state index >= 15 is 0 Å². The topological polar surface area (TPSA) is 151 Å². The summed E-state index contributed by atoms with van der Waals surface area (Å²) in [7, 11) is 0. The van der Waals surface area contributed by atoms with Crippen LogP contribution in [-0.2, 0) is 33.3 Å². The zero-order valence-corrected chi connectivity index (χ0v) is 26.9. The molecule has 0 bridgehead atoms. The molecule has 4 heterocycles. The molecule has 12 heteroatoms. The van der Waals surface area contributed by atoms with Gasteiger partial charge in [0.25, 0.3) is 5.91 Å². The number of fused-ring (bicyclic) bond motifs is 1. The molecule has 2 aromatic carbocycles. The van der Waals surface area contributed by atoms with Crippen molar-refractivity contribution < 1.29 is 48.0 Å². The Kier molecular flexibility index (Phi) is 6.36. The Balaban J connectivity index is 1.41. The largest absolute Gasteiger partial charge is 0.461 e. The molecule has 4 fully saturated rings. The third kappa shape index (κ3) is 3.93. The first-order valence-corrected chi connectivity index (χ1v) is 15.5. The molecule has 0 unspecified atom stereocenters. The molecule has 3 saturated heterocycles. The number of hydrogen-bond donors (Lipinski definition) is 1. The van der Waals surface area contributed by atoms with Gasteiger partial charge in [0.05, 0.1) is 23.1 Å². The van der Waals surface area contributed by atoms with Gasteiger partial charge in [-0.25, -0.2) is 9.59 Å². The summed E-state index contributed by atoms with van der Waals surface area (Å²) in [5.74, 6) is -3.07. The Hall–Kier alpha value is -4.71. The summed E-state index contributed by atoms with van der Waals surface area (Å²) < 4.78 is 24.7. The maximum atomic E-state index is 14.8. The van der Waals surface area contributed by atoms with Crippen LogP contribution in [0.5, 0.6) is 0 Å². The van der Waals surface area contributed by atoms with Gasteiger partial charge in [-0.1, -0.05) is 39.0 Å². The van der Waals surface area contributed by atoms with Crippen LogP contribution in [0.2, 0.25) is 0 Å². The van der Waals surface area contributed by atoms with Crippen molar-refractivity contribution in [2.24, 2.45) is 16.2 Å². The van der Waals surface area contributed by atoms with Crippen LogP contribution in [0, 0.1) is 16.2 Å². The van der Waals surface area contributed by atoms with Crippen molar-refractivity contribution in [3.05, 3.63) is 66.4 Å². The molecule has 3 aromatic rings. The molecule has 1 amide bonds. The van der Waals surface area contributed by atoms with Crippen molar-refractivity contribution in [3.8, 4) is 0 Å². The Bertz CT molecular complexity index is 1870. The van der Waals surface area contributed by atoms with E-state index in [-0.39, 0.29) is 17.7 Å². The van der Waals surface area contributed by atoms with Crippen LogP contribution >= 0.6 is 0 Å². The molecule has 0 radical (unpaired) electrons. The van der Waals surface area contributed by atoms with E-state index in [1.165, 1.54) is 21.6 Å². The van der Waals surface area contributed by atoms with E-state index in [0.717, 1.165) is 0 Å². The van der Waals surface area contributed by atoms with Gasteiger partial charge in [0, 0.05) is 23.7 Å². The third-order valence-electron chi connectivity index (χ3n) is 10.2. The number of ether oxygens (including phenoxy) is 4. The van der Waals surface area contributed by atoms with Crippen LogP contribution in [0.3, 0.4) is 0 Å². The van der Waals surface area contributed by atoms with E-state index in [4.69, 9.17) is 18.9 Å². The number of carbonyl (C=O) groups excluding carboxylic acids is 5. The summed E-state index contributed by atoms with van der Waals surface area (Å²) in [6.45, 7) is 10.5. The molecule has 1 N–H and O–H groups in total. The molecule has 12 nitrogen and oxygen atoms in total. The first kappa shape index (κ1) is 30.9. The van der Waals surface area contributed by atoms with Crippen LogP contribution < -0.4 is 4.90 Å². The Morgan fingerprint density at radius 2 is 1.66 bits per heavy atom. The van der Waals surface area contributed by atoms with Gasteiger partial charge in [-0.15, -0.1) is 0 Å². The lowest BCUT2D eigenvalue weighted by molar-refractivity contribution is -0.204. The second kappa shape index (κ2) is 9.66. The average Bonchev–Trinajstić information content (AvgIpc) is 3.72. The van der Waals surface area contributed by atoms with Gasteiger partial charge < -0.3 is 24.1 Å². The van der Waals surface area contributed by atoms with Gasteiger partial charge in [0.1, 0.15) is 22.5 Å². The van der Waals surface area contributed by atoms with Crippen molar-refractivity contribution in [2.45, 2.75) is 84.0 Å². The van der Waals surface area contributed by atoms with E-state index in [2.05, 4.69) is 0 Å². The summed E-state index contributed by atoms with van der Waals surface area (Å²) >= 11 is 0. The number of carbonyl (C=O) groups is 5. The van der Waals surface area contributed by atoms with Gasteiger partial charge in [0.2, 0.25) is 0 Å². The van der Waals surface area contributed by atoms with Gasteiger partial charge in [-0.2, -0.15) is 0 Å². The van der Waals surface area contributed by atoms with Crippen molar-refractivity contribution in [1.82, 2.24) is 4.57 Å². The number of anilines is 1. The maximum absolute atomic E-state index is 14.8. The maximum Gasteiger partial charge on any atom is 0.418 e. The van der Waals surface area contributed by atoms with Gasteiger partial charge in [-0.05, 0) is 62.6 Å². The molecular formula is C35H36N2O10. The van der Waals surface area contributed by atoms with Crippen LogP contribution in [-0.4, -0.2) is 69.2 Å². The summed E-state index contributed by atoms with van der Waals surface area (Å²) in [6, 6.07) is 14.6. The van der Waals surface area contributed by atoms with Gasteiger partial charge in [-0.3, -0.25) is 23.9 Å². The number of nitrogens with zero attached hydrogens (tertiary/aromatic N) is 2. The molecule has 47 heavy (non-hydrogen) atoms. The number of esters is 3. The normalized spacial score (nSPS) is 31.3. The van der Waals surface area contributed by atoms with E-state index in [9.17, 15) is 29.1 Å². The summed E-state index contributed by atoms with van der Waals surface area (Å²) in [5, 5.41) is 13.4. The van der Waals surface area contributed by atoms with E-state index in [1.807, 2.05) is 0 Å². The smallest absolute Gasteiger partial charge is 0.418 e. The van der Waals surface area contributed by atoms with Gasteiger partial charge in [0.15, 0.2) is 12.3 Å². The van der Waals surface area contributed by atoms with Crippen molar-refractivity contribution in [1.29, 1.82) is 0 Å². The predicted octanol–water partition coefficient (Wildman–Crippen LogP) is 4.35. The first-order valence-electron chi connectivity index (χ1n) is 15.5. The highest BCUT2D eigenvalue weighted by Gasteiger charge is 2.94. The number of hydrogen-bond acceptors (Lipinski definition) is 10. The molecule has 1 saturated carbocycles. The van der Waals surface area contributed by atoms with Crippen LogP contribution in [0.25, 0.3) is 10.9 Å². The SMILES string of the molecule is CC(C)(C)OC(=O)n1ccc2cc(N3C(=O)[C@H](OC(=O)c4ccccc4)[C@@]45[C@@H]3OC(=O)[C@@]43CC(=O)O[C@H]3C[C@@]5(O)C(C)(C)C)ccc21. The molecule has 6 atom stereocenters. The van der Waals surface area contributed by atoms with E-state index < -0.39 is 82.2 Å². The summed E-state index contributed by atoms with van der Waals surface area (Å²) in [4.78, 5) is 69.6. The number of amides is 1. The lowest BCUT2D eigenvalue weighted by Crippen LogP contribution is -2.66. The Labute approximate surface area is 270 Å². The molecule has 7 rings (SSSR count). The van der Waals surface area contributed by atoms with E-state index in [0.29, 0.717) is 10.9 Å². The van der Waals surface area contributed by atoms with Crippen LogP contribution in [0.15, 0.2) is 60.8 Å². The van der Waals surface area contributed by atoms with E-state index in [1.54, 1.807) is 90.2 Å². The quantitative estimate of drug-likeness (QED) is 0.322.